The smallest absolute Gasteiger partial charge is 0.420 e. The van der Waals surface area contributed by atoms with E-state index in [1.165, 1.54) is 0 Å². The van der Waals surface area contributed by atoms with Crippen LogP contribution < -0.4 is 4.74 Å². The van der Waals surface area contributed by atoms with Gasteiger partial charge in [0.1, 0.15) is 11.3 Å². The van der Waals surface area contributed by atoms with Crippen molar-refractivity contribution in [3.05, 3.63) is 33.9 Å². The maximum absolute atomic E-state index is 12.8. The Kier molecular flexibility index (Phi) is 5.32. The van der Waals surface area contributed by atoms with Crippen LogP contribution in [0.1, 0.15) is 12.0 Å². The third kappa shape index (κ3) is 4.69. The van der Waals surface area contributed by atoms with Gasteiger partial charge in [0.15, 0.2) is 0 Å². The molecule has 8 heteroatoms. The van der Waals surface area contributed by atoms with E-state index in [2.05, 4.69) is 0 Å². The maximum Gasteiger partial charge on any atom is 0.420 e. The molecule has 0 aliphatic rings. The first-order valence-electron chi connectivity index (χ1n) is 5.85. The molecule has 0 saturated carbocycles. The van der Waals surface area contributed by atoms with E-state index in [-0.39, 0.29) is 12.4 Å². The first kappa shape index (κ1) is 16.2. The minimum Gasteiger partial charge on any atom is -0.493 e. The van der Waals surface area contributed by atoms with E-state index in [0.29, 0.717) is 19.0 Å². The molecule has 0 atom stereocenters. The summed E-state index contributed by atoms with van der Waals surface area (Å²) in [6, 6.07) is 2.47. The van der Waals surface area contributed by atoms with Gasteiger partial charge in [-0.05, 0) is 26.6 Å². The van der Waals surface area contributed by atoms with Crippen molar-refractivity contribution in [2.45, 2.75) is 12.6 Å². The van der Waals surface area contributed by atoms with Gasteiger partial charge in [-0.15, -0.1) is 0 Å². The fourth-order valence-corrected chi connectivity index (χ4v) is 1.54. The molecule has 1 aromatic carbocycles. The van der Waals surface area contributed by atoms with Crippen LogP contribution in [0.2, 0.25) is 0 Å². The van der Waals surface area contributed by atoms with Crippen LogP contribution in [-0.4, -0.2) is 37.1 Å². The average Bonchev–Trinajstić information content (AvgIpc) is 2.33. The number of nitro groups is 1. The zero-order valence-electron chi connectivity index (χ0n) is 11.1. The fraction of sp³-hybridized carbons (Fsp3) is 0.500. The minimum atomic E-state index is -4.69. The van der Waals surface area contributed by atoms with E-state index < -0.39 is 22.4 Å². The average molecular weight is 292 g/mol. The number of alkyl halides is 3. The third-order valence-electron chi connectivity index (χ3n) is 2.49. The summed E-state index contributed by atoms with van der Waals surface area (Å²) in [4.78, 5) is 11.5. The highest BCUT2D eigenvalue weighted by molar-refractivity contribution is 5.45. The molecular weight excluding hydrogens is 277 g/mol. The molecule has 0 heterocycles. The molecular formula is C12H15F3N2O3. The summed E-state index contributed by atoms with van der Waals surface area (Å²) in [5.74, 6) is -0.387. The molecule has 112 valence electrons. The van der Waals surface area contributed by atoms with Crippen molar-refractivity contribution in [2.24, 2.45) is 0 Å². The SMILES string of the molecule is CN(C)CCCOc1ccc([N+](=O)[O-])cc1C(F)(F)F. The van der Waals surface area contributed by atoms with Crippen molar-refractivity contribution in [1.82, 2.24) is 4.90 Å². The molecule has 0 unspecified atom stereocenters. The summed E-state index contributed by atoms with van der Waals surface area (Å²) in [6.45, 7) is 0.785. The summed E-state index contributed by atoms with van der Waals surface area (Å²) >= 11 is 0. The van der Waals surface area contributed by atoms with E-state index in [0.717, 1.165) is 12.1 Å². The van der Waals surface area contributed by atoms with Gasteiger partial charge in [0, 0.05) is 18.7 Å². The summed E-state index contributed by atoms with van der Waals surface area (Å²) in [5.41, 5.74) is -1.74. The second-order valence-electron chi connectivity index (χ2n) is 4.44. The van der Waals surface area contributed by atoms with Crippen LogP contribution in [-0.2, 0) is 6.18 Å². The molecule has 0 amide bonds. The summed E-state index contributed by atoms with van der Waals surface area (Å²) in [6.07, 6.45) is -4.13. The molecule has 0 aliphatic heterocycles. The van der Waals surface area contributed by atoms with Crippen molar-refractivity contribution in [1.29, 1.82) is 0 Å². The second kappa shape index (κ2) is 6.56. The summed E-state index contributed by atoms with van der Waals surface area (Å²) in [5, 5.41) is 10.5. The number of non-ortho nitro benzene ring substituents is 1. The first-order chi connectivity index (χ1) is 9.21. The van der Waals surface area contributed by atoms with Gasteiger partial charge in [-0.3, -0.25) is 10.1 Å². The number of hydrogen-bond donors (Lipinski definition) is 0. The highest BCUT2D eigenvalue weighted by atomic mass is 19.4. The van der Waals surface area contributed by atoms with Crippen LogP contribution in [0, 0.1) is 10.1 Å². The highest BCUT2D eigenvalue weighted by Gasteiger charge is 2.36. The van der Waals surface area contributed by atoms with Gasteiger partial charge >= 0.3 is 6.18 Å². The minimum absolute atomic E-state index is 0.110. The lowest BCUT2D eigenvalue weighted by Crippen LogP contribution is -2.16. The molecule has 0 aliphatic carbocycles. The molecule has 0 radical (unpaired) electrons. The van der Waals surface area contributed by atoms with E-state index in [4.69, 9.17) is 4.74 Å². The Morgan fingerprint density at radius 2 is 2.00 bits per heavy atom. The standard InChI is InChI=1S/C12H15F3N2O3/c1-16(2)6-3-7-20-11-5-4-9(17(18)19)8-10(11)12(13,14)15/h4-5,8H,3,6-7H2,1-2H3. The monoisotopic (exact) mass is 292 g/mol. The van der Waals surface area contributed by atoms with Crippen molar-refractivity contribution >= 4 is 5.69 Å². The lowest BCUT2D eigenvalue weighted by Gasteiger charge is -2.14. The quantitative estimate of drug-likeness (QED) is 0.459. The molecule has 1 rings (SSSR count). The number of nitro benzene ring substituents is 1. The predicted octanol–water partition coefficient (Wildman–Crippen LogP) is 2.94. The van der Waals surface area contributed by atoms with Crippen LogP contribution >= 0.6 is 0 Å². The zero-order chi connectivity index (χ0) is 15.3. The van der Waals surface area contributed by atoms with Crippen LogP contribution in [0.25, 0.3) is 0 Å². The van der Waals surface area contributed by atoms with Gasteiger partial charge in [-0.1, -0.05) is 0 Å². The normalized spacial score (nSPS) is 11.7. The van der Waals surface area contributed by atoms with E-state index in [1.807, 2.05) is 19.0 Å². The molecule has 20 heavy (non-hydrogen) atoms. The lowest BCUT2D eigenvalue weighted by atomic mass is 10.1. The van der Waals surface area contributed by atoms with Gasteiger partial charge in [0.05, 0.1) is 11.5 Å². The topological polar surface area (TPSA) is 55.6 Å². The molecule has 0 spiro atoms. The Balaban J connectivity index is 2.87. The van der Waals surface area contributed by atoms with Crippen LogP contribution in [0.4, 0.5) is 18.9 Å². The van der Waals surface area contributed by atoms with Gasteiger partial charge in [0.25, 0.3) is 5.69 Å². The Morgan fingerprint density at radius 3 is 2.50 bits per heavy atom. The van der Waals surface area contributed by atoms with Crippen molar-refractivity contribution in [2.75, 3.05) is 27.2 Å². The Bertz CT molecular complexity index is 476. The Hall–Kier alpha value is -1.83. The zero-order valence-corrected chi connectivity index (χ0v) is 11.1. The maximum atomic E-state index is 12.8. The molecule has 0 aromatic heterocycles. The van der Waals surface area contributed by atoms with Gasteiger partial charge < -0.3 is 9.64 Å². The van der Waals surface area contributed by atoms with Crippen molar-refractivity contribution in [3.63, 3.8) is 0 Å². The molecule has 0 saturated heterocycles. The van der Waals surface area contributed by atoms with Crippen molar-refractivity contribution < 1.29 is 22.8 Å². The summed E-state index contributed by atoms with van der Waals surface area (Å²) < 4.78 is 43.5. The Labute approximate surface area is 114 Å². The number of rotatable bonds is 6. The predicted molar refractivity (Wildman–Crippen MR) is 66.8 cm³/mol. The molecule has 5 nitrogen and oxygen atoms in total. The van der Waals surface area contributed by atoms with Gasteiger partial charge in [-0.2, -0.15) is 13.2 Å². The van der Waals surface area contributed by atoms with Crippen LogP contribution in [0.3, 0.4) is 0 Å². The Morgan fingerprint density at radius 1 is 1.35 bits per heavy atom. The van der Waals surface area contributed by atoms with E-state index >= 15 is 0 Å². The van der Waals surface area contributed by atoms with Gasteiger partial charge in [0.2, 0.25) is 0 Å². The third-order valence-corrected chi connectivity index (χ3v) is 2.49. The number of ether oxygens (including phenoxy) is 1. The summed E-state index contributed by atoms with van der Waals surface area (Å²) in [7, 11) is 3.68. The second-order valence-corrected chi connectivity index (χ2v) is 4.44. The first-order valence-corrected chi connectivity index (χ1v) is 5.85. The molecule has 0 bridgehead atoms. The molecule has 0 N–H and O–H groups in total. The number of hydrogen-bond acceptors (Lipinski definition) is 4. The fourth-order valence-electron chi connectivity index (χ4n) is 1.54. The van der Waals surface area contributed by atoms with Crippen molar-refractivity contribution in [3.8, 4) is 5.75 Å². The van der Waals surface area contributed by atoms with Gasteiger partial charge in [-0.25, -0.2) is 0 Å². The number of nitrogens with zero attached hydrogens (tertiary/aromatic N) is 2. The van der Waals surface area contributed by atoms with Crippen LogP contribution in [0.5, 0.6) is 5.75 Å². The van der Waals surface area contributed by atoms with E-state index in [9.17, 15) is 23.3 Å². The number of benzene rings is 1. The lowest BCUT2D eigenvalue weighted by molar-refractivity contribution is -0.385. The number of halogens is 3. The van der Waals surface area contributed by atoms with Crippen LogP contribution in [0.15, 0.2) is 18.2 Å². The largest absolute Gasteiger partial charge is 0.493 e. The molecule has 1 aromatic rings. The van der Waals surface area contributed by atoms with E-state index in [1.54, 1.807) is 0 Å². The highest BCUT2D eigenvalue weighted by Crippen LogP contribution is 2.38. The molecule has 0 fully saturated rings.